The number of hydrogen-bond donors (Lipinski definition) is 1. The van der Waals surface area contributed by atoms with E-state index in [4.69, 9.17) is 9.47 Å². The van der Waals surface area contributed by atoms with Crippen molar-refractivity contribution in [1.82, 2.24) is 10.2 Å². The maximum atomic E-state index is 13.8. The van der Waals surface area contributed by atoms with Gasteiger partial charge in [-0.25, -0.2) is 4.39 Å². The number of amides is 1. The molecule has 2 heterocycles. The minimum atomic E-state index is -0.276. The SMILES string of the molecule is COc1cc(CN2C[C@H]3CC(=O)NC[C@H]3C2)ccc1OCc1ccccc1F. The summed E-state index contributed by atoms with van der Waals surface area (Å²) in [5.74, 6) is 2.13. The summed E-state index contributed by atoms with van der Waals surface area (Å²) in [5.41, 5.74) is 1.64. The number of nitrogens with zero attached hydrogens (tertiary/aromatic N) is 1. The highest BCUT2D eigenvalue weighted by molar-refractivity contribution is 5.77. The third-order valence-electron chi connectivity index (χ3n) is 5.64. The summed E-state index contributed by atoms with van der Waals surface area (Å²) in [5, 5.41) is 2.97. The average Bonchev–Trinajstić information content (AvgIpc) is 3.09. The molecular weight excluding hydrogens is 359 g/mol. The maximum absolute atomic E-state index is 13.8. The number of likely N-dealkylation sites (tertiary alicyclic amines) is 1. The molecule has 2 aliphatic heterocycles. The fourth-order valence-corrected chi connectivity index (χ4v) is 4.14. The van der Waals surface area contributed by atoms with Gasteiger partial charge in [0.25, 0.3) is 0 Å². The second-order valence-electron chi connectivity index (χ2n) is 7.59. The number of nitrogens with one attached hydrogen (secondary N) is 1. The van der Waals surface area contributed by atoms with Crippen molar-refractivity contribution in [3.05, 3.63) is 59.4 Å². The lowest BCUT2D eigenvalue weighted by Gasteiger charge is -2.23. The number of fused-ring (bicyclic) bond motifs is 1. The van der Waals surface area contributed by atoms with Crippen molar-refractivity contribution < 1.29 is 18.7 Å². The van der Waals surface area contributed by atoms with Crippen LogP contribution in [0.2, 0.25) is 0 Å². The Balaban J connectivity index is 1.39. The topological polar surface area (TPSA) is 50.8 Å². The van der Waals surface area contributed by atoms with E-state index >= 15 is 0 Å². The van der Waals surface area contributed by atoms with Gasteiger partial charge in [-0.15, -0.1) is 0 Å². The van der Waals surface area contributed by atoms with Gasteiger partial charge in [0.05, 0.1) is 7.11 Å². The van der Waals surface area contributed by atoms with Gasteiger partial charge < -0.3 is 14.8 Å². The molecule has 5 nitrogen and oxygen atoms in total. The number of halogens is 1. The zero-order chi connectivity index (χ0) is 19.5. The van der Waals surface area contributed by atoms with Gasteiger partial charge in [-0.05, 0) is 35.6 Å². The van der Waals surface area contributed by atoms with E-state index in [0.29, 0.717) is 35.3 Å². The molecule has 148 valence electrons. The van der Waals surface area contributed by atoms with Gasteiger partial charge >= 0.3 is 0 Å². The molecule has 0 aromatic heterocycles. The minimum absolute atomic E-state index is 0.152. The van der Waals surface area contributed by atoms with Gasteiger partial charge in [0.15, 0.2) is 11.5 Å². The molecule has 1 N–H and O–H groups in total. The van der Waals surface area contributed by atoms with Crippen LogP contribution in [-0.4, -0.2) is 37.6 Å². The summed E-state index contributed by atoms with van der Waals surface area (Å²) in [6, 6.07) is 12.5. The average molecular weight is 384 g/mol. The lowest BCUT2D eigenvalue weighted by Crippen LogP contribution is -2.39. The molecule has 0 unspecified atom stereocenters. The van der Waals surface area contributed by atoms with E-state index in [1.807, 2.05) is 18.2 Å². The molecule has 0 saturated carbocycles. The van der Waals surface area contributed by atoms with Crippen molar-refractivity contribution in [3.63, 3.8) is 0 Å². The first-order valence-electron chi connectivity index (χ1n) is 9.64. The van der Waals surface area contributed by atoms with Gasteiger partial charge in [-0.3, -0.25) is 9.69 Å². The highest BCUT2D eigenvalue weighted by atomic mass is 19.1. The Morgan fingerprint density at radius 3 is 2.79 bits per heavy atom. The van der Waals surface area contributed by atoms with Crippen molar-refractivity contribution in [2.45, 2.75) is 19.6 Å². The zero-order valence-electron chi connectivity index (χ0n) is 16.0. The van der Waals surface area contributed by atoms with E-state index in [1.165, 1.54) is 6.07 Å². The first kappa shape index (κ1) is 18.7. The van der Waals surface area contributed by atoms with Crippen molar-refractivity contribution in [3.8, 4) is 11.5 Å². The molecule has 4 rings (SSSR count). The lowest BCUT2D eigenvalue weighted by molar-refractivity contribution is -0.124. The summed E-state index contributed by atoms with van der Waals surface area (Å²) in [6.07, 6.45) is 0.632. The molecule has 0 spiro atoms. The molecule has 0 radical (unpaired) electrons. The van der Waals surface area contributed by atoms with Crippen LogP contribution in [0.25, 0.3) is 0 Å². The summed E-state index contributed by atoms with van der Waals surface area (Å²) < 4.78 is 25.0. The lowest BCUT2D eigenvalue weighted by atomic mass is 9.89. The van der Waals surface area contributed by atoms with Crippen LogP contribution in [0.4, 0.5) is 4.39 Å². The maximum Gasteiger partial charge on any atom is 0.220 e. The molecule has 2 saturated heterocycles. The van der Waals surface area contributed by atoms with Crippen LogP contribution in [0.3, 0.4) is 0 Å². The summed E-state index contributed by atoms with van der Waals surface area (Å²) in [4.78, 5) is 14.0. The Morgan fingerprint density at radius 1 is 1.14 bits per heavy atom. The van der Waals surface area contributed by atoms with E-state index in [-0.39, 0.29) is 18.3 Å². The minimum Gasteiger partial charge on any atom is -0.493 e. The molecule has 1 amide bonds. The Labute approximate surface area is 164 Å². The predicted octanol–water partition coefficient (Wildman–Crippen LogP) is 2.98. The number of benzene rings is 2. The van der Waals surface area contributed by atoms with Crippen LogP contribution in [0.1, 0.15) is 17.5 Å². The molecule has 2 atom stereocenters. The molecule has 0 bridgehead atoms. The van der Waals surface area contributed by atoms with Crippen LogP contribution in [0, 0.1) is 17.7 Å². The second-order valence-corrected chi connectivity index (χ2v) is 7.59. The quantitative estimate of drug-likeness (QED) is 0.832. The third kappa shape index (κ3) is 4.12. The Hall–Kier alpha value is -2.60. The van der Waals surface area contributed by atoms with Crippen LogP contribution < -0.4 is 14.8 Å². The van der Waals surface area contributed by atoms with E-state index in [1.54, 1.807) is 25.3 Å². The van der Waals surface area contributed by atoms with E-state index in [2.05, 4.69) is 10.2 Å². The normalized spacial score (nSPS) is 21.9. The largest absolute Gasteiger partial charge is 0.493 e. The Kier molecular flexibility index (Phi) is 5.48. The van der Waals surface area contributed by atoms with Gasteiger partial charge in [0.2, 0.25) is 5.91 Å². The fourth-order valence-electron chi connectivity index (χ4n) is 4.14. The predicted molar refractivity (Wildman–Crippen MR) is 104 cm³/mol. The number of hydrogen-bond acceptors (Lipinski definition) is 4. The van der Waals surface area contributed by atoms with Gasteiger partial charge in [0, 0.05) is 38.2 Å². The van der Waals surface area contributed by atoms with Crippen LogP contribution >= 0.6 is 0 Å². The smallest absolute Gasteiger partial charge is 0.220 e. The standard InChI is InChI=1S/C22H25FN2O3/c1-27-21-8-15(11-25-12-17-9-22(26)24-10-18(17)13-25)6-7-20(21)28-14-16-4-2-3-5-19(16)23/h2-8,17-18H,9-14H2,1H3,(H,24,26)/t17-,18+/m1/s1. The second kappa shape index (κ2) is 8.19. The van der Waals surface area contributed by atoms with E-state index < -0.39 is 0 Å². The first-order valence-corrected chi connectivity index (χ1v) is 9.64. The molecule has 2 aromatic rings. The zero-order valence-corrected chi connectivity index (χ0v) is 16.0. The van der Waals surface area contributed by atoms with Gasteiger partial charge in [-0.1, -0.05) is 24.3 Å². The first-order chi connectivity index (χ1) is 13.6. The Bertz CT molecular complexity index is 857. The van der Waals surface area contributed by atoms with Crippen LogP contribution in [-0.2, 0) is 17.9 Å². The number of carbonyl (C=O) groups excluding carboxylic acids is 1. The monoisotopic (exact) mass is 384 g/mol. The van der Waals surface area contributed by atoms with Crippen molar-refractivity contribution in [2.75, 3.05) is 26.7 Å². The summed E-state index contributed by atoms with van der Waals surface area (Å²) in [7, 11) is 1.61. The molecule has 0 aliphatic carbocycles. The molecule has 28 heavy (non-hydrogen) atoms. The van der Waals surface area contributed by atoms with Crippen molar-refractivity contribution >= 4 is 5.91 Å². The summed E-state index contributed by atoms with van der Waals surface area (Å²) >= 11 is 0. The number of methoxy groups -OCH3 is 1. The van der Waals surface area contributed by atoms with Gasteiger partial charge in [-0.2, -0.15) is 0 Å². The molecular formula is C22H25FN2O3. The number of rotatable bonds is 6. The van der Waals surface area contributed by atoms with Crippen molar-refractivity contribution in [2.24, 2.45) is 11.8 Å². The molecule has 2 aliphatic rings. The summed E-state index contributed by atoms with van der Waals surface area (Å²) in [6.45, 7) is 3.70. The van der Waals surface area contributed by atoms with E-state index in [0.717, 1.165) is 31.7 Å². The molecule has 2 fully saturated rings. The number of ether oxygens (including phenoxy) is 2. The highest BCUT2D eigenvalue weighted by Crippen LogP contribution is 2.32. The van der Waals surface area contributed by atoms with Crippen molar-refractivity contribution in [1.29, 1.82) is 0 Å². The number of piperidine rings is 1. The molecule has 6 heteroatoms. The van der Waals surface area contributed by atoms with Crippen LogP contribution in [0.15, 0.2) is 42.5 Å². The Morgan fingerprint density at radius 2 is 1.96 bits per heavy atom. The van der Waals surface area contributed by atoms with Crippen LogP contribution in [0.5, 0.6) is 11.5 Å². The third-order valence-corrected chi connectivity index (χ3v) is 5.64. The molecule has 2 aromatic carbocycles. The van der Waals surface area contributed by atoms with E-state index in [9.17, 15) is 9.18 Å². The highest BCUT2D eigenvalue weighted by Gasteiger charge is 2.36. The van der Waals surface area contributed by atoms with Gasteiger partial charge in [0.1, 0.15) is 12.4 Å². The number of carbonyl (C=O) groups is 1. The fraction of sp³-hybridized carbons (Fsp3) is 0.409.